The summed E-state index contributed by atoms with van der Waals surface area (Å²) in [6.07, 6.45) is 0. The van der Waals surface area contributed by atoms with Crippen LogP contribution in [0.2, 0.25) is 0 Å². The predicted octanol–water partition coefficient (Wildman–Crippen LogP) is 4.92. The van der Waals surface area contributed by atoms with Gasteiger partial charge in [0.2, 0.25) is 0 Å². The van der Waals surface area contributed by atoms with E-state index in [0.717, 1.165) is 36.1 Å². The van der Waals surface area contributed by atoms with Crippen LogP contribution >= 0.6 is 0 Å². The van der Waals surface area contributed by atoms with Gasteiger partial charge in [-0.15, -0.1) is 0 Å². The molecule has 33 heavy (non-hydrogen) atoms. The number of rotatable bonds is 5. The van der Waals surface area contributed by atoms with E-state index in [1.807, 2.05) is 61.5 Å². The Kier molecular flexibility index (Phi) is 6.60. The number of anilines is 4. The molecule has 0 saturated carbocycles. The SMILES string of the molecule is Cc1nc(Nc2ccc(NC(=O)c3ccc(C(C)(C)C)cc3)cc2)cc(N2CCOCC2)n1. The Labute approximate surface area is 195 Å². The molecular weight excluding hydrogens is 414 g/mol. The topological polar surface area (TPSA) is 79.4 Å². The largest absolute Gasteiger partial charge is 0.378 e. The van der Waals surface area contributed by atoms with Crippen LogP contribution in [0.4, 0.5) is 23.0 Å². The minimum atomic E-state index is -0.127. The number of aromatic nitrogens is 2. The summed E-state index contributed by atoms with van der Waals surface area (Å²) in [4.78, 5) is 23.9. The molecule has 1 aliphatic heterocycles. The second-order valence-electron chi connectivity index (χ2n) is 9.24. The van der Waals surface area contributed by atoms with Crippen LogP contribution in [-0.2, 0) is 10.2 Å². The van der Waals surface area contributed by atoms with Gasteiger partial charge in [0.25, 0.3) is 5.91 Å². The van der Waals surface area contributed by atoms with Gasteiger partial charge in [-0.2, -0.15) is 0 Å². The third-order valence-electron chi connectivity index (χ3n) is 5.59. The molecular formula is C26H31N5O2. The lowest BCUT2D eigenvalue weighted by Crippen LogP contribution is -2.36. The summed E-state index contributed by atoms with van der Waals surface area (Å²) in [6, 6.07) is 17.3. The number of carbonyl (C=O) groups is 1. The van der Waals surface area contributed by atoms with E-state index in [-0.39, 0.29) is 11.3 Å². The van der Waals surface area contributed by atoms with Crippen molar-refractivity contribution in [1.82, 2.24) is 9.97 Å². The summed E-state index contributed by atoms with van der Waals surface area (Å²) in [6.45, 7) is 11.4. The molecule has 3 aromatic rings. The molecule has 0 bridgehead atoms. The minimum absolute atomic E-state index is 0.0585. The summed E-state index contributed by atoms with van der Waals surface area (Å²) in [5.74, 6) is 2.22. The average molecular weight is 446 g/mol. The van der Waals surface area contributed by atoms with Gasteiger partial charge in [-0.1, -0.05) is 32.9 Å². The summed E-state index contributed by atoms with van der Waals surface area (Å²) in [5.41, 5.74) is 3.51. The predicted molar refractivity (Wildman–Crippen MR) is 133 cm³/mol. The molecule has 2 aromatic carbocycles. The van der Waals surface area contributed by atoms with E-state index < -0.39 is 0 Å². The summed E-state index contributed by atoms with van der Waals surface area (Å²) >= 11 is 0. The number of amides is 1. The fourth-order valence-electron chi connectivity index (χ4n) is 3.68. The minimum Gasteiger partial charge on any atom is -0.378 e. The van der Waals surface area contributed by atoms with Crippen LogP contribution in [0, 0.1) is 6.92 Å². The van der Waals surface area contributed by atoms with Gasteiger partial charge in [-0.25, -0.2) is 9.97 Å². The van der Waals surface area contributed by atoms with Crippen molar-refractivity contribution >= 4 is 28.9 Å². The van der Waals surface area contributed by atoms with E-state index in [9.17, 15) is 4.79 Å². The zero-order valence-electron chi connectivity index (χ0n) is 19.7. The van der Waals surface area contributed by atoms with Crippen molar-refractivity contribution in [3.63, 3.8) is 0 Å². The molecule has 0 radical (unpaired) electrons. The lowest BCUT2D eigenvalue weighted by molar-refractivity contribution is 0.102. The maximum atomic E-state index is 12.6. The molecule has 7 heteroatoms. The van der Waals surface area contributed by atoms with Gasteiger partial charge in [-0.3, -0.25) is 4.79 Å². The van der Waals surface area contributed by atoms with Gasteiger partial charge in [-0.05, 0) is 54.3 Å². The van der Waals surface area contributed by atoms with Gasteiger partial charge < -0.3 is 20.3 Å². The fourth-order valence-corrected chi connectivity index (χ4v) is 3.68. The molecule has 1 saturated heterocycles. The van der Waals surface area contributed by atoms with Crippen LogP contribution in [0.15, 0.2) is 54.6 Å². The maximum absolute atomic E-state index is 12.6. The standard InChI is InChI=1S/C26H31N5O2/c1-18-27-23(17-24(28-18)31-13-15-33-16-14-31)29-21-9-11-22(12-10-21)30-25(32)19-5-7-20(8-6-19)26(2,3)4/h5-12,17H,13-16H2,1-4H3,(H,30,32)(H,27,28,29). The summed E-state index contributed by atoms with van der Waals surface area (Å²) in [7, 11) is 0. The molecule has 7 nitrogen and oxygen atoms in total. The Morgan fingerprint density at radius 2 is 1.58 bits per heavy atom. The number of hydrogen-bond acceptors (Lipinski definition) is 6. The number of nitrogens with zero attached hydrogens (tertiary/aromatic N) is 3. The Morgan fingerprint density at radius 3 is 2.21 bits per heavy atom. The van der Waals surface area contributed by atoms with Crippen LogP contribution in [0.3, 0.4) is 0 Å². The molecule has 0 spiro atoms. The van der Waals surface area contributed by atoms with E-state index >= 15 is 0 Å². The van der Waals surface area contributed by atoms with Gasteiger partial charge in [0.05, 0.1) is 13.2 Å². The smallest absolute Gasteiger partial charge is 0.255 e. The molecule has 0 unspecified atom stereocenters. The molecule has 0 atom stereocenters. The van der Waals surface area contributed by atoms with Gasteiger partial charge in [0.15, 0.2) is 0 Å². The lowest BCUT2D eigenvalue weighted by Gasteiger charge is -2.28. The van der Waals surface area contributed by atoms with E-state index in [2.05, 4.69) is 46.3 Å². The Bertz CT molecular complexity index is 1100. The third kappa shape index (κ3) is 5.87. The van der Waals surface area contributed by atoms with Crippen LogP contribution < -0.4 is 15.5 Å². The first-order valence-electron chi connectivity index (χ1n) is 11.3. The van der Waals surface area contributed by atoms with Crippen LogP contribution in [0.1, 0.15) is 42.5 Å². The Morgan fingerprint density at radius 1 is 0.939 bits per heavy atom. The van der Waals surface area contributed by atoms with Crippen molar-refractivity contribution < 1.29 is 9.53 Å². The molecule has 2 heterocycles. The van der Waals surface area contributed by atoms with Crippen LogP contribution in [-0.4, -0.2) is 42.2 Å². The maximum Gasteiger partial charge on any atom is 0.255 e. The van der Waals surface area contributed by atoms with Crippen LogP contribution in [0.25, 0.3) is 0 Å². The highest BCUT2D eigenvalue weighted by atomic mass is 16.5. The van der Waals surface area contributed by atoms with Crippen molar-refractivity contribution in [1.29, 1.82) is 0 Å². The fraction of sp³-hybridized carbons (Fsp3) is 0.346. The molecule has 1 amide bonds. The lowest BCUT2D eigenvalue weighted by atomic mass is 9.87. The van der Waals surface area contributed by atoms with Gasteiger partial charge in [0, 0.05) is 36.1 Å². The van der Waals surface area contributed by atoms with Crippen molar-refractivity contribution in [2.45, 2.75) is 33.1 Å². The third-order valence-corrected chi connectivity index (χ3v) is 5.59. The molecule has 1 aliphatic rings. The first-order chi connectivity index (χ1) is 15.8. The van der Waals surface area contributed by atoms with Crippen molar-refractivity contribution in [2.24, 2.45) is 0 Å². The second kappa shape index (κ2) is 9.58. The number of benzene rings is 2. The molecule has 1 fully saturated rings. The first-order valence-corrected chi connectivity index (χ1v) is 11.3. The number of ether oxygens (including phenoxy) is 1. The highest BCUT2D eigenvalue weighted by Gasteiger charge is 2.15. The number of nitrogens with one attached hydrogen (secondary N) is 2. The molecule has 2 N–H and O–H groups in total. The number of carbonyl (C=O) groups excluding carboxylic acids is 1. The molecule has 4 rings (SSSR count). The van der Waals surface area contributed by atoms with Crippen molar-refractivity contribution in [2.75, 3.05) is 41.8 Å². The Balaban J connectivity index is 1.40. The average Bonchev–Trinajstić information content (AvgIpc) is 2.80. The molecule has 172 valence electrons. The van der Waals surface area contributed by atoms with Crippen molar-refractivity contribution in [3.05, 3.63) is 71.5 Å². The van der Waals surface area contributed by atoms with E-state index in [4.69, 9.17) is 4.74 Å². The molecule has 1 aromatic heterocycles. The highest BCUT2D eigenvalue weighted by Crippen LogP contribution is 2.24. The van der Waals surface area contributed by atoms with Gasteiger partial charge >= 0.3 is 0 Å². The number of hydrogen-bond donors (Lipinski definition) is 2. The normalized spacial score (nSPS) is 14.1. The monoisotopic (exact) mass is 445 g/mol. The van der Waals surface area contributed by atoms with Crippen molar-refractivity contribution in [3.8, 4) is 0 Å². The number of aryl methyl sites for hydroxylation is 1. The van der Waals surface area contributed by atoms with Crippen LogP contribution in [0.5, 0.6) is 0 Å². The summed E-state index contributed by atoms with van der Waals surface area (Å²) < 4.78 is 5.43. The van der Waals surface area contributed by atoms with E-state index in [1.165, 1.54) is 5.56 Å². The van der Waals surface area contributed by atoms with Gasteiger partial charge in [0.1, 0.15) is 17.5 Å². The highest BCUT2D eigenvalue weighted by molar-refractivity contribution is 6.04. The van der Waals surface area contributed by atoms with E-state index in [0.29, 0.717) is 24.6 Å². The van der Waals surface area contributed by atoms with E-state index in [1.54, 1.807) is 0 Å². The second-order valence-corrected chi connectivity index (χ2v) is 9.24. The zero-order valence-corrected chi connectivity index (χ0v) is 19.7. The first kappa shape index (κ1) is 22.7. The number of morpholine rings is 1. The summed E-state index contributed by atoms with van der Waals surface area (Å²) in [5, 5.41) is 6.29. The zero-order chi connectivity index (χ0) is 23.4. The molecule has 0 aliphatic carbocycles. The Hall–Kier alpha value is -3.45. The quantitative estimate of drug-likeness (QED) is 0.581.